The number of aliphatic hydroxyl groups excluding tert-OH is 1. The van der Waals surface area contributed by atoms with Crippen LogP contribution in [0.5, 0.6) is 0 Å². The molecule has 0 bridgehead atoms. The van der Waals surface area contributed by atoms with Gasteiger partial charge < -0.3 is 41.9 Å². The molecule has 2 aliphatic heterocycles. The van der Waals surface area contributed by atoms with E-state index in [1.165, 1.54) is 23.6 Å². The van der Waals surface area contributed by atoms with Crippen molar-refractivity contribution >= 4 is 41.4 Å². The molecule has 37 heavy (non-hydrogen) atoms. The van der Waals surface area contributed by atoms with Crippen molar-refractivity contribution in [3.05, 3.63) is 0 Å². The highest BCUT2D eigenvalue weighted by atomic mass is 16.3. The van der Waals surface area contributed by atoms with Crippen LogP contribution in [0.2, 0.25) is 0 Å². The summed E-state index contributed by atoms with van der Waals surface area (Å²) in [6.07, 6.45) is 1.98. The van der Waals surface area contributed by atoms with Gasteiger partial charge in [0, 0.05) is 20.0 Å². The molecule has 0 spiro atoms. The standard InChI is InChI=1S/C22H35N7O8/c1-12(26-21(36)16-6-4-8-29(16)22(37)14(11-30)27-13(2)31)20(35)25-9-17(32)24-10-18(33)28-7-3-5-15(28)19(23)34/h12,14-16,30H,3-11H2,1-2H3,(H2,23,34)(H,24,32)(H,25,35)(H,26,36)(H,27,31)/t12-,14-,15-,16-/m0/s1. The van der Waals surface area contributed by atoms with Crippen LogP contribution in [-0.4, -0.2) is 113 Å². The molecule has 2 aliphatic rings. The SMILES string of the molecule is CC(=O)N[C@@H](CO)C(=O)N1CCC[C@H]1C(=O)N[C@@H](C)C(=O)NCC(=O)NCC(=O)N1CCC[C@H]1C(N)=O. The predicted molar refractivity (Wildman–Crippen MR) is 127 cm³/mol. The Bertz CT molecular complexity index is 927. The Balaban J connectivity index is 1.79. The van der Waals surface area contributed by atoms with E-state index in [0.29, 0.717) is 32.2 Å². The largest absolute Gasteiger partial charge is 0.394 e. The Morgan fingerprint density at radius 2 is 1.54 bits per heavy atom. The Labute approximate surface area is 213 Å². The Hall–Kier alpha value is -3.75. The molecule has 0 radical (unpaired) electrons. The number of nitrogens with two attached hydrogens (primary N) is 1. The van der Waals surface area contributed by atoms with Crippen molar-refractivity contribution in [3.8, 4) is 0 Å². The van der Waals surface area contributed by atoms with Crippen LogP contribution in [0.3, 0.4) is 0 Å². The van der Waals surface area contributed by atoms with E-state index in [4.69, 9.17) is 5.73 Å². The maximum atomic E-state index is 12.7. The fourth-order valence-electron chi connectivity index (χ4n) is 4.33. The maximum absolute atomic E-state index is 12.7. The zero-order chi connectivity index (χ0) is 27.7. The molecule has 206 valence electrons. The van der Waals surface area contributed by atoms with Crippen LogP contribution in [-0.2, 0) is 33.6 Å². The second-order valence-corrected chi connectivity index (χ2v) is 9.00. The summed E-state index contributed by atoms with van der Waals surface area (Å²) in [5.74, 6) is -4.06. The molecular formula is C22H35N7O8. The maximum Gasteiger partial charge on any atom is 0.248 e. The highest BCUT2D eigenvalue weighted by molar-refractivity contribution is 5.95. The topological polar surface area (TPSA) is 220 Å². The number of likely N-dealkylation sites (tertiary alicyclic amines) is 2. The molecule has 0 aliphatic carbocycles. The van der Waals surface area contributed by atoms with Gasteiger partial charge >= 0.3 is 0 Å². The number of primary amides is 1. The van der Waals surface area contributed by atoms with E-state index in [0.717, 1.165) is 0 Å². The molecule has 2 saturated heterocycles. The lowest BCUT2D eigenvalue weighted by Gasteiger charge is -2.28. The van der Waals surface area contributed by atoms with E-state index in [2.05, 4.69) is 21.3 Å². The number of nitrogens with zero attached hydrogens (tertiary/aromatic N) is 2. The van der Waals surface area contributed by atoms with Gasteiger partial charge in [0.05, 0.1) is 19.7 Å². The number of amides is 7. The minimum atomic E-state index is -1.18. The molecule has 0 unspecified atom stereocenters. The van der Waals surface area contributed by atoms with Gasteiger partial charge in [-0.2, -0.15) is 0 Å². The first-order chi connectivity index (χ1) is 17.5. The number of aliphatic hydroxyl groups is 1. The second-order valence-electron chi connectivity index (χ2n) is 9.00. The lowest BCUT2D eigenvalue weighted by Crippen LogP contribution is -2.56. The van der Waals surface area contributed by atoms with Gasteiger partial charge in [0.2, 0.25) is 41.4 Å². The summed E-state index contributed by atoms with van der Waals surface area (Å²) in [6.45, 7) is 1.80. The molecule has 0 aromatic rings. The average molecular weight is 526 g/mol. The van der Waals surface area contributed by atoms with Crippen LogP contribution in [0.4, 0.5) is 0 Å². The van der Waals surface area contributed by atoms with Crippen molar-refractivity contribution in [1.82, 2.24) is 31.1 Å². The van der Waals surface area contributed by atoms with E-state index in [-0.39, 0.29) is 13.1 Å². The predicted octanol–water partition coefficient (Wildman–Crippen LogP) is -4.31. The van der Waals surface area contributed by atoms with Crippen LogP contribution < -0.4 is 27.0 Å². The van der Waals surface area contributed by atoms with E-state index in [1.54, 1.807) is 0 Å². The van der Waals surface area contributed by atoms with Gasteiger partial charge in [-0.1, -0.05) is 0 Å². The first-order valence-electron chi connectivity index (χ1n) is 12.1. The third kappa shape index (κ3) is 8.13. The summed E-state index contributed by atoms with van der Waals surface area (Å²) < 4.78 is 0. The Morgan fingerprint density at radius 3 is 2.14 bits per heavy atom. The normalized spacial score (nSPS) is 20.5. The van der Waals surface area contributed by atoms with Crippen molar-refractivity contribution in [2.45, 2.75) is 63.7 Å². The van der Waals surface area contributed by atoms with Gasteiger partial charge in [-0.05, 0) is 32.6 Å². The average Bonchev–Trinajstić information content (AvgIpc) is 3.54. The summed E-state index contributed by atoms with van der Waals surface area (Å²) >= 11 is 0. The summed E-state index contributed by atoms with van der Waals surface area (Å²) in [4.78, 5) is 87.3. The quantitative estimate of drug-likeness (QED) is 0.154. The van der Waals surface area contributed by atoms with Crippen LogP contribution in [0.25, 0.3) is 0 Å². The number of carbonyl (C=O) groups excluding carboxylic acids is 7. The lowest BCUT2D eigenvalue weighted by molar-refractivity contribution is -0.142. The molecule has 15 nitrogen and oxygen atoms in total. The molecule has 7 N–H and O–H groups in total. The molecule has 15 heteroatoms. The highest BCUT2D eigenvalue weighted by Gasteiger charge is 2.38. The first kappa shape index (κ1) is 29.5. The molecule has 4 atom stereocenters. The van der Waals surface area contributed by atoms with E-state index < -0.39 is 78.7 Å². The van der Waals surface area contributed by atoms with Crippen molar-refractivity contribution in [2.24, 2.45) is 5.73 Å². The van der Waals surface area contributed by atoms with E-state index in [1.807, 2.05) is 0 Å². The zero-order valence-electron chi connectivity index (χ0n) is 21.0. The van der Waals surface area contributed by atoms with E-state index >= 15 is 0 Å². The van der Waals surface area contributed by atoms with Crippen molar-refractivity contribution in [2.75, 3.05) is 32.8 Å². The van der Waals surface area contributed by atoms with Gasteiger partial charge in [-0.25, -0.2) is 0 Å². The first-order valence-corrected chi connectivity index (χ1v) is 12.1. The molecule has 0 saturated carbocycles. The monoisotopic (exact) mass is 525 g/mol. The van der Waals surface area contributed by atoms with Gasteiger partial charge in [0.1, 0.15) is 24.2 Å². The van der Waals surface area contributed by atoms with Gasteiger partial charge in [0.15, 0.2) is 0 Å². The second kappa shape index (κ2) is 13.5. The fraction of sp³-hybridized carbons (Fsp3) is 0.682. The number of carbonyl (C=O) groups is 7. The number of hydrogen-bond donors (Lipinski definition) is 6. The third-order valence-corrected chi connectivity index (χ3v) is 6.21. The van der Waals surface area contributed by atoms with Crippen molar-refractivity contribution in [1.29, 1.82) is 0 Å². The molecule has 2 heterocycles. The smallest absolute Gasteiger partial charge is 0.248 e. The van der Waals surface area contributed by atoms with Crippen LogP contribution >= 0.6 is 0 Å². The Kier molecular flexibility index (Phi) is 10.8. The van der Waals surface area contributed by atoms with E-state index in [9.17, 15) is 38.7 Å². The van der Waals surface area contributed by atoms with Crippen LogP contribution in [0.1, 0.15) is 39.5 Å². The van der Waals surface area contributed by atoms with Gasteiger partial charge in [-0.15, -0.1) is 0 Å². The summed E-state index contributed by atoms with van der Waals surface area (Å²) in [5.41, 5.74) is 5.28. The third-order valence-electron chi connectivity index (χ3n) is 6.21. The Morgan fingerprint density at radius 1 is 0.919 bits per heavy atom. The molecule has 0 aromatic carbocycles. The minimum Gasteiger partial charge on any atom is -0.394 e. The van der Waals surface area contributed by atoms with Crippen molar-refractivity contribution < 1.29 is 38.7 Å². The van der Waals surface area contributed by atoms with Gasteiger partial charge in [0.25, 0.3) is 0 Å². The lowest BCUT2D eigenvalue weighted by atomic mass is 10.1. The molecule has 2 fully saturated rings. The molecule has 2 rings (SSSR count). The van der Waals surface area contributed by atoms with Crippen LogP contribution in [0.15, 0.2) is 0 Å². The summed E-state index contributed by atoms with van der Waals surface area (Å²) in [7, 11) is 0. The fourth-order valence-corrected chi connectivity index (χ4v) is 4.33. The molecular weight excluding hydrogens is 490 g/mol. The van der Waals surface area contributed by atoms with Crippen molar-refractivity contribution in [3.63, 3.8) is 0 Å². The number of nitrogens with one attached hydrogen (secondary N) is 4. The number of hydrogen-bond acceptors (Lipinski definition) is 8. The zero-order valence-corrected chi connectivity index (χ0v) is 21.0. The van der Waals surface area contributed by atoms with Gasteiger partial charge in [-0.3, -0.25) is 33.6 Å². The minimum absolute atomic E-state index is 0.254. The molecule has 0 aromatic heterocycles. The summed E-state index contributed by atoms with van der Waals surface area (Å²) in [5, 5.41) is 19.0. The van der Waals surface area contributed by atoms with Crippen LogP contribution in [0, 0.1) is 0 Å². The summed E-state index contributed by atoms with van der Waals surface area (Å²) in [6, 6.07) is -3.79. The molecule has 7 amide bonds. The highest BCUT2D eigenvalue weighted by Crippen LogP contribution is 2.19. The number of rotatable bonds is 11.